The molecule has 1 saturated heterocycles. The molecule has 0 radical (unpaired) electrons. The van der Waals surface area contributed by atoms with E-state index in [0.29, 0.717) is 17.7 Å². The van der Waals surface area contributed by atoms with E-state index in [-0.39, 0.29) is 0 Å². The molecule has 0 spiro atoms. The van der Waals surface area contributed by atoms with Gasteiger partial charge in [0.25, 0.3) is 0 Å². The average Bonchev–Trinajstić information content (AvgIpc) is 2.91. The maximum absolute atomic E-state index is 12.3. The minimum Gasteiger partial charge on any atom is -0.378 e. The van der Waals surface area contributed by atoms with Gasteiger partial charge >= 0.3 is 0 Å². The average molecular weight is 209 g/mol. The van der Waals surface area contributed by atoms with Crippen LogP contribution in [0.2, 0.25) is 0 Å². The normalized spacial score (nSPS) is 39.7. The molecule has 3 fully saturated rings. The molecule has 0 unspecified atom stereocenters. The van der Waals surface area contributed by atoms with Crippen LogP contribution in [0, 0.1) is 17.8 Å². The summed E-state index contributed by atoms with van der Waals surface area (Å²) in [5.41, 5.74) is 0. The van der Waals surface area contributed by atoms with Gasteiger partial charge in [-0.1, -0.05) is 6.42 Å². The first kappa shape index (κ1) is 9.64. The molecule has 0 aromatic rings. The number of carbonyl (C=O) groups is 1. The van der Waals surface area contributed by atoms with Crippen LogP contribution >= 0.6 is 0 Å². The van der Waals surface area contributed by atoms with Crippen molar-refractivity contribution in [2.24, 2.45) is 17.8 Å². The molecule has 2 bridgehead atoms. The third kappa shape index (κ3) is 1.67. The number of morpholine rings is 1. The van der Waals surface area contributed by atoms with Crippen molar-refractivity contribution in [3.8, 4) is 0 Å². The van der Waals surface area contributed by atoms with E-state index in [1.807, 2.05) is 4.90 Å². The summed E-state index contributed by atoms with van der Waals surface area (Å²) >= 11 is 0. The molecule has 3 nitrogen and oxygen atoms in total. The van der Waals surface area contributed by atoms with E-state index >= 15 is 0 Å². The lowest BCUT2D eigenvalue weighted by Gasteiger charge is -2.32. The van der Waals surface area contributed by atoms with E-state index < -0.39 is 0 Å². The first-order valence-corrected chi connectivity index (χ1v) is 6.21. The molecular formula is C12H19NO2. The van der Waals surface area contributed by atoms with Gasteiger partial charge in [-0.2, -0.15) is 0 Å². The van der Waals surface area contributed by atoms with Crippen LogP contribution < -0.4 is 0 Å². The molecule has 3 aliphatic rings. The van der Waals surface area contributed by atoms with E-state index in [4.69, 9.17) is 4.74 Å². The Balaban J connectivity index is 1.64. The number of nitrogens with zero attached hydrogens (tertiary/aromatic N) is 1. The van der Waals surface area contributed by atoms with Crippen molar-refractivity contribution >= 4 is 5.91 Å². The number of hydrogen-bond acceptors (Lipinski definition) is 2. The Bertz CT molecular complexity index is 260. The first-order chi connectivity index (χ1) is 7.34. The summed E-state index contributed by atoms with van der Waals surface area (Å²) < 4.78 is 5.28. The van der Waals surface area contributed by atoms with Crippen molar-refractivity contribution in [3.63, 3.8) is 0 Å². The van der Waals surface area contributed by atoms with Gasteiger partial charge in [0, 0.05) is 19.0 Å². The fourth-order valence-corrected chi connectivity index (χ4v) is 3.57. The molecule has 1 aliphatic heterocycles. The Labute approximate surface area is 90.8 Å². The molecule has 2 aliphatic carbocycles. The Morgan fingerprint density at radius 3 is 2.53 bits per heavy atom. The third-order valence-electron chi connectivity index (χ3n) is 4.38. The van der Waals surface area contributed by atoms with Crippen molar-refractivity contribution in [1.29, 1.82) is 0 Å². The molecule has 3 heteroatoms. The fourth-order valence-electron chi connectivity index (χ4n) is 3.57. The Morgan fingerprint density at radius 2 is 1.93 bits per heavy atom. The highest BCUT2D eigenvalue weighted by Gasteiger charge is 2.44. The van der Waals surface area contributed by atoms with Crippen molar-refractivity contribution in [2.45, 2.75) is 25.7 Å². The SMILES string of the molecule is O=C([C@@H]1C[C@H]2CC[C@@H]1C2)N1CCOCC1. The molecule has 0 aromatic heterocycles. The van der Waals surface area contributed by atoms with Crippen LogP contribution in [0.5, 0.6) is 0 Å². The Hall–Kier alpha value is -0.570. The van der Waals surface area contributed by atoms with Crippen LogP contribution in [0.15, 0.2) is 0 Å². The lowest BCUT2D eigenvalue weighted by molar-refractivity contribution is -0.141. The van der Waals surface area contributed by atoms with Gasteiger partial charge in [-0.25, -0.2) is 0 Å². The van der Waals surface area contributed by atoms with Gasteiger partial charge in [-0.05, 0) is 31.1 Å². The molecule has 0 aromatic carbocycles. The number of carbonyl (C=O) groups excluding carboxylic acids is 1. The zero-order valence-electron chi connectivity index (χ0n) is 9.15. The lowest BCUT2D eigenvalue weighted by atomic mass is 9.87. The van der Waals surface area contributed by atoms with Crippen LogP contribution in [-0.2, 0) is 9.53 Å². The Morgan fingerprint density at radius 1 is 1.13 bits per heavy atom. The number of hydrogen-bond donors (Lipinski definition) is 0. The lowest BCUT2D eigenvalue weighted by Crippen LogP contribution is -2.44. The highest BCUT2D eigenvalue weighted by Crippen LogP contribution is 2.48. The number of ether oxygens (including phenoxy) is 1. The van der Waals surface area contributed by atoms with Gasteiger partial charge in [-0.15, -0.1) is 0 Å². The highest BCUT2D eigenvalue weighted by atomic mass is 16.5. The quantitative estimate of drug-likeness (QED) is 0.651. The van der Waals surface area contributed by atoms with E-state index in [2.05, 4.69) is 0 Å². The summed E-state index contributed by atoms with van der Waals surface area (Å²) in [7, 11) is 0. The van der Waals surface area contributed by atoms with Gasteiger partial charge in [0.1, 0.15) is 0 Å². The smallest absolute Gasteiger partial charge is 0.226 e. The minimum atomic E-state index is 0.363. The zero-order valence-corrected chi connectivity index (χ0v) is 9.15. The van der Waals surface area contributed by atoms with Gasteiger partial charge in [0.05, 0.1) is 13.2 Å². The van der Waals surface area contributed by atoms with E-state index in [1.54, 1.807) is 0 Å². The summed E-state index contributed by atoms with van der Waals surface area (Å²) in [5, 5.41) is 0. The summed E-state index contributed by atoms with van der Waals surface area (Å²) in [5.74, 6) is 2.36. The van der Waals surface area contributed by atoms with E-state index in [1.165, 1.54) is 25.7 Å². The number of fused-ring (bicyclic) bond motifs is 2. The largest absolute Gasteiger partial charge is 0.378 e. The monoisotopic (exact) mass is 209 g/mol. The molecule has 2 saturated carbocycles. The van der Waals surface area contributed by atoms with E-state index in [0.717, 1.165) is 32.2 Å². The topological polar surface area (TPSA) is 29.5 Å². The number of amides is 1. The van der Waals surface area contributed by atoms with Gasteiger partial charge < -0.3 is 9.64 Å². The predicted octanol–water partition coefficient (Wildman–Crippen LogP) is 1.28. The third-order valence-corrected chi connectivity index (χ3v) is 4.38. The van der Waals surface area contributed by atoms with Crippen LogP contribution in [0.3, 0.4) is 0 Å². The highest BCUT2D eigenvalue weighted by molar-refractivity contribution is 5.79. The summed E-state index contributed by atoms with van der Waals surface area (Å²) in [6, 6.07) is 0. The molecule has 3 rings (SSSR count). The van der Waals surface area contributed by atoms with E-state index in [9.17, 15) is 4.79 Å². The molecule has 1 heterocycles. The van der Waals surface area contributed by atoms with Crippen LogP contribution in [-0.4, -0.2) is 37.1 Å². The van der Waals surface area contributed by atoms with Crippen LogP contribution in [0.25, 0.3) is 0 Å². The first-order valence-electron chi connectivity index (χ1n) is 6.21. The van der Waals surface area contributed by atoms with Crippen LogP contribution in [0.4, 0.5) is 0 Å². The summed E-state index contributed by atoms with van der Waals surface area (Å²) in [4.78, 5) is 14.3. The van der Waals surface area contributed by atoms with Gasteiger partial charge in [0.2, 0.25) is 5.91 Å². The van der Waals surface area contributed by atoms with Crippen molar-refractivity contribution < 1.29 is 9.53 Å². The second-order valence-corrected chi connectivity index (χ2v) is 5.22. The molecule has 0 N–H and O–H groups in total. The molecule has 84 valence electrons. The van der Waals surface area contributed by atoms with Crippen molar-refractivity contribution in [2.75, 3.05) is 26.3 Å². The maximum atomic E-state index is 12.3. The van der Waals surface area contributed by atoms with Gasteiger partial charge in [-0.3, -0.25) is 4.79 Å². The predicted molar refractivity (Wildman–Crippen MR) is 56.3 cm³/mol. The minimum absolute atomic E-state index is 0.363. The second-order valence-electron chi connectivity index (χ2n) is 5.22. The van der Waals surface area contributed by atoms with Crippen LogP contribution in [0.1, 0.15) is 25.7 Å². The maximum Gasteiger partial charge on any atom is 0.226 e. The Kier molecular flexibility index (Phi) is 2.43. The number of rotatable bonds is 1. The molecular weight excluding hydrogens is 190 g/mol. The summed E-state index contributed by atoms with van der Waals surface area (Å²) in [6.45, 7) is 3.08. The van der Waals surface area contributed by atoms with Crippen molar-refractivity contribution in [1.82, 2.24) is 4.90 Å². The van der Waals surface area contributed by atoms with Gasteiger partial charge in [0.15, 0.2) is 0 Å². The second kappa shape index (κ2) is 3.78. The molecule has 1 amide bonds. The fraction of sp³-hybridized carbons (Fsp3) is 0.917. The molecule has 15 heavy (non-hydrogen) atoms. The zero-order chi connectivity index (χ0) is 10.3. The standard InChI is InChI=1S/C12H19NO2/c14-12(13-3-5-15-6-4-13)11-8-9-1-2-10(11)7-9/h9-11H,1-8H2/t9-,10+,11+/m0/s1. The van der Waals surface area contributed by atoms with Crippen molar-refractivity contribution in [3.05, 3.63) is 0 Å². The molecule has 3 atom stereocenters. The summed E-state index contributed by atoms with van der Waals surface area (Å²) in [6.07, 6.45) is 5.16.